The van der Waals surface area contributed by atoms with E-state index in [2.05, 4.69) is 6.08 Å². The average molecular weight is 235 g/mol. The van der Waals surface area contributed by atoms with Crippen LogP contribution in [0.4, 0.5) is 0 Å². The highest BCUT2D eigenvalue weighted by atomic mass is 16.1. The van der Waals surface area contributed by atoms with E-state index in [0.29, 0.717) is 12.2 Å². The average Bonchev–Trinajstić information content (AvgIpc) is 2.63. The van der Waals surface area contributed by atoms with E-state index in [-0.39, 0.29) is 5.54 Å². The maximum absolute atomic E-state index is 12.3. The van der Waals surface area contributed by atoms with Gasteiger partial charge in [-0.05, 0) is 44.1 Å². The van der Waals surface area contributed by atoms with Crippen LogP contribution in [0.15, 0.2) is 11.6 Å². The molecule has 0 atom stereocenters. The summed E-state index contributed by atoms with van der Waals surface area (Å²) in [7, 11) is 0. The van der Waals surface area contributed by atoms with Gasteiger partial charge in [0, 0.05) is 12.0 Å². The number of hydrogen-bond donors (Lipinski definition) is 1. The predicted octanol–water partition coefficient (Wildman–Crippen LogP) is 3.50. The summed E-state index contributed by atoms with van der Waals surface area (Å²) in [5.41, 5.74) is 7.18. The highest BCUT2D eigenvalue weighted by Crippen LogP contribution is 2.32. The molecule has 0 aromatic heterocycles. The first kappa shape index (κ1) is 12.8. The van der Waals surface area contributed by atoms with Gasteiger partial charge in [-0.25, -0.2) is 0 Å². The lowest BCUT2D eigenvalue weighted by molar-refractivity contribution is -0.116. The largest absolute Gasteiger partial charge is 0.325 e. The van der Waals surface area contributed by atoms with Crippen LogP contribution in [0.1, 0.15) is 70.6 Å². The number of carbonyl (C=O) groups is 1. The maximum Gasteiger partial charge on any atom is 0.160 e. The third-order valence-electron chi connectivity index (χ3n) is 4.26. The summed E-state index contributed by atoms with van der Waals surface area (Å²) in [5.74, 6) is 0.330. The maximum atomic E-state index is 12.3. The van der Waals surface area contributed by atoms with Crippen LogP contribution in [0.25, 0.3) is 0 Å². The Morgan fingerprint density at radius 2 is 1.82 bits per heavy atom. The van der Waals surface area contributed by atoms with Gasteiger partial charge in [0.25, 0.3) is 0 Å². The van der Waals surface area contributed by atoms with Gasteiger partial charge in [0.05, 0.1) is 0 Å². The molecule has 2 rings (SSSR count). The lowest BCUT2D eigenvalue weighted by atomic mass is 9.87. The highest BCUT2D eigenvalue weighted by Gasteiger charge is 2.32. The predicted molar refractivity (Wildman–Crippen MR) is 70.8 cm³/mol. The number of allylic oxidation sites excluding steroid dienone is 2. The Morgan fingerprint density at radius 3 is 2.59 bits per heavy atom. The molecule has 0 aromatic rings. The van der Waals surface area contributed by atoms with E-state index in [0.717, 1.165) is 31.3 Å². The van der Waals surface area contributed by atoms with Gasteiger partial charge in [0.15, 0.2) is 5.78 Å². The molecular formula is C15H25NO. The molecule has 0 spiro atoms. The molecule has 2 nitrogen and oxygen atoms in total. The van der Waals surface area contributed by atoms with E-state index < -0.39 is 0 Å². The summed E-state index contributed by atoms with van der Waals surface area (Å²) in [6.45, 7) is 0. The molecule has 1 saturated carbocycles. The molecule has 0 bridgehead atoms. The molecule has 2 heteroatoms. The molecule has 0 radical (unpaired) electrons. The van der Waals surface area contributed by atoms with Crippen molar-refractivity contribution >= 4 is 5.78 Å². The molecule has 0 heterocycles. The molecule has 2 aliphatic carbocycles. The van der Waals surface area contributed by atoms with Crippen molar-refractivity contribution in [2.24, 2.45) is 5.73 Å². The van der Waals surface area contributed by atoms with Gasteiger partial charge in [0.2, 0.25) is 0 Å². The molecule has 0 saturated heterocycles. The fourth-order valence-electron chi connectivity index (χ4n) is 3.13. The first-order valence-electron chi connectivity index (χ1n) is 7.21. The number of hydrogen-bond acceptors (Lipinski definition) is 2. The quantitative estimate of drug-likeness (QED) is 0.813. The van der Waals surface area contributed by atoms with Crippen LogP contribution < -0.4 is 5.73 Å². The standard InChI is InChI=1S/C15H25NO/c16-15(10-6-7-11-15)12-14(17)13-8-4-2-1-3-5-9-13/h8H,1-7,9-12,16H2. The minimum Gasteiger partial charge on any atom is -0.325 e. The molecule has 17 heavy (non-hydrogen) atoms. The fraction of sp³-hybridized carbons (Fsp3) is 0.800. The van der Waals surface area contributed by atoms with Gasteiger partial charge in [0.1, 0.15) is 0 Å². The summed E-state index contributed by atoms with van der Waals surface area (Å²) >= 11 is 0. The van der Waals surface area contributed by atoms with Crippen molar-refractivity contribution in [2.45, 2.75) is 76.2 Å². The molecule has 96 valence electrons. The monoisotopic (exact) mass is 235 g/mol. The Balaban J connectivity index is 1.93. The topological polar surface area (TPSA) is 43.1 Å². The Bertz CT molecular complexity index is 300. The van der Waals surface area contributed by atoms with Crippen molar-refractivity contribution < 1.29 is 4.79 Å². The SMILES string of the molecule is NC1(CC(=O)C2=CCCCCCC2)CCCC1. The second-order valence-electron chi connectivity index (χ2n) is 5.85. The van der Waals surface area contributed by atoms with E-state index in [1.54, 1.807) is 0 Å². The third-order valence-corrected chi connectivity index (χ3v) is 4.26. The Hall–Kier alpha value is -0.630. The molecule has 0 amide bonds. The summed E-state index contributed by atoms with van der Waals surface area (Å²) in [6.07, 6.45) is 14.3. The zero-order chi connectivity index (χ0) is 12.1. The van der Waals surface area contributed by atoms with E-state index in [4.69, 9.17) is 5.73 Å². The molecule has 0 unspecified atom stereocenters. The smallest absolute Gasteiger partial charge is 0.160 e. The van der Waals surface area contributed by atoms with Gasteiger partial charge in [-0.2, -0.15) is 0 Å². The van der Waals surface area contributed by atoms with Gasteiger partial charge < -0.3 is 5.73 Å². The van der Waals surface area contributed by atoms with Crippen molar-refractivity contribution in [1.29, 1.82) is 0 Å². The van der Waals surface area contributed by atoms with Crippen LogP contribution in [0.2, 0.25) is 0 Å². The third kappa shape index (κ3) is 3.67. The Kier molecular flexibility index (Phi) is 4.38. The van der Waals surface area contributed by atoms with Crippen molar-refractivity contribution in [3.63, 3.8) is 0 Å². The molecule has 0 aromatic carbocycles. The summed E-state index contributed by atoms with van der Waals surface area (Å²) in [6, 6.07) is 0. The van der Waals surface area contributed by atoms with Crippen LogP contribution in [0.3, 0.4) is 0 Å². The number of rotatable bonds is 3. The number of Topliss-reactive ketones (excluding diaryl/α,β-unsaturated/α-hetero) is 1. The summed E-state index contributed by atoms with van der Waals surface area (Å²) in [5, 5.41) is 0. The van der Waals surface area contributed by atoms with Gasteiger partial charge >= 0.3 is 0 Å². The Morgan fingerprint density at radius 1 is 1.12 bits per heavy atom. The van der Waals surface area contributed by atoms with E-state index in [9.17, 15) is 4.79 Å². The minimum atomic E-state index is -0.180. The number of nitrogens with two attached hydrogens (primary N) is 1. The van der Waals surface area contributed by atoms with Gasteiger partial charge in [-0.15, -0.1) is 0 Å². The number of carbonyl (C=O) groups excluding carboxylic acids is 1. The molecule has 0 aliphatic heterocycles. The van der Waals surface area contributed by atoms with Crippen molar-refractivity contribution in [3.8, 4) is 0 Å². The highest BCUT2D eigenvalue weighted by molar-refractivity contribution is 5.96. The van der Waals surface area contributed by atoms with Crippen LogP contribution in [-0.2, 0) is 4.79 Å². The molecule has 2 N–H and O–H groups in total. The zero-order valence-corrected chi connectivity index (χ0v) is 10.8. The lowest BCUT2D eigenvalue weighted by Gasteiger charge is -2.23. The van der Waals surface area contributed by atoms with Crippen molar-refractivity contribution in [3.05, 3.63) is 11.6 Å². The van der Waals surface area contributed by atoms with Crippen LogP contribution in [0.5, 0.6) is 0 Å². The van der Waals surface area contributed by atoms with E-state index in [1.807, 2.05) is 0 Å². The van der Waals surface area contributed by atoms with E-state index in [1.165, 1.54) is 38.5 Å². The van der Waals surface area contributed by atoms with Crippen molar-refractivity contribution in [2.75, 3.05) is 0 Å². The normalized spacial score (nSPS) is 24.9. The number of ketones is 1. The second-order valence-corrected chi connectivity index (χ2v) is 5.85. The Labute approximate surface area is 105 Å². The minimum absolute atomic E-state index is 0.180. The van der Waals surface area contributed by atoms with E-state index >= 15 is 0 Å². The molecule has 2 aliphatic rings. The zero-order valence-electron chi connectivity index (χ0n) is 10.8. The second kappa shape index (κ2) is 5.81. The molecule has 1 fully saturated rings. The van der Waals surface area contributed by atoms with Gasteiger partial charge in [-0.1, -0.05) is 31.8 Å². The first-order valence-corrected chi connectivity index (χ1v) is 7.21. The van der Waals surface area contributed by atoms with Crippen LogP contribution >= 0.6 is 0 Å². The van der Waals surface area contributed by atoms with Gasteiger partial charge in [-0.3, -0.25) is 4.79 Å². The first-order chi connectivity index (χ1) is 8.20. The summed E-state index contributed by atoms with van der Waals surface area (Å²) < 4.78 is 0. The summed E-state index contributed by atoms with van der Waals surface area (Å²) in [4.78, 5) is 12.3. The lowest BCUT2D eigenvalue weighted by Crippen LogP contribution is -2.39. The van der Waals surface area contributed by atoms with Crippen LogP contribution in [-0.4, -0.2) is 11.3 Å². The van der Waals surface area contributed by atoms with Crippen LogP contribution in [0, 0.1) is 0 Å². The molecular weight excluding hydrogens is 210 g/mol. The van der Waals surface area contributed by atoms with Crippen molar-refractivity contribution in [1.82, 2.24) is 0 Å². The fourth-order valence-corrected chi connectivity index (χ4v) is 3.13.